The van der Waals surface area contributed by atoms with Gasteiger partial charge in [0.1, 0.15) is 6.10 Å². The lowest BCUT2D eigenvalue weighted by atomic mass is 10.1. The van der Waals surface area contributed by atoms with Crippen LogP contribution in [0.2, 0.25) is 0 Å². The molecular formula is C10H19NO4S. The largest absolute Gasteiger partial charge is 0.447 e. The highest BCUT2D eigenvalue weighted by Gasteiger charge is 2.28. The minimum Gasteiger partial charge on any atom is -0.447 e. The highest BCUT2D eigenvalue weighted by atomic mass is 32.2. The molecule has 0 radical (unpaired) electrons. The predicted molar refractivity (Wildman–Crippen MR) is 61.0 cm³/mol. The van der Waals surface area contributed by atoms with Crippen LogP contribution in [0.5, 0.6) is 0 Å². The Labute approximate surface area is 96.5 Å². The van der Waals surface area contributed by atoms with Gasteiger partial charge in [-0.05, 0) is 25.7 Å². The van der Waals surface area contributed by atoms with Crippen LogP contribution in [0.25, 0.3) is 0 Å². The number of carbonyl (C=O) groups excluding carboxylic acids is 1. The molecule has 2 unspecified atom stereocenters. The van der Waals surface area contributed by atoms with E-state index in [-0.39, 0.29) is 23.5 Å². The molecule has 1 heterocycles. The molecule has 0 aliphatic carbocycles. The van der Waals surface area contributed by atoms with Gasteiger partial charge in [0.25, 0.3) is 0 Å². The Morgan fingerprint density at radius 1 is 1.56 bits per heavy atom. The summed E-state index contributed by atoms with van der Waals surface area (Å²) in [4.78, 5) is 11.2. The average molecular weight is 249 g/mol. The second kappa shape index (κ2) is 5.52. The van der Waals surface area contributed by atoms with Crippen molar-refractivity contribution in [1.29, 1.82) is 0 Å². The molecule has 1 N–H and O–H groups in total. The molecule has 0 aromatic carbocycles. The Bertz CT molecular complexity index is 339. The maximum Gasteiger partial charge on any atom is 0.407 e. The van der Waals surface area contributed by atoms with Crippen molar-refractivity contribution < 1.29 is 17.9 Å². The zero-order valence-electron chi connectivity index (χ0n) is 9.73. The highest BCUT2D eigenvalue weighted by Crippen LogP contribution is 2.17. The monoisotopic (exact) mass is 249 g/mol. The van der Waals surface area contributed by atoms with Gasteiger partial charge in [-0.25, -0.2) is 13.2 Å². The Kier molecular flexibility index (Phi) is 4.58. The van der Waals surface area contributed by atoms with Crippen molar-refractivity contribution in [3.05, 3.63) is 0 Å². The van der Waals surface area contributed by atoms with Gasteiger partial charge in [-0.3, -0.25) is 0 Å². The molecule has 0 spiro atoms. The molecule has 1 aliphatic rings. The topological polar surface area (TPSA) is 72.5 Å². The fourth-order valence-corrected chi connectivity index (χ4v) is 3.43. The summed E-state index contributed by atoms with van der Waals surface area (Å²) in [5.41, 5.74) is 0. The molecule has 6 heteroatoms. The maximum atomic E-state index is 11.2. The quantitative estimate of drug-likeness (QED) is 0.805. The molecule has 94 valence electrons. The molecular weight excluding hydrogens is 230 g/mol. The molecule has 0 bridgehead atoms. The van der Waals surface area contributed by atoms with E-state index >= 15 is 0 Å². The first-order valence-electron chi connectivity index (χ1n) is 5.58. The van der Waals surface area contributed by atoms with Crippen LogP contribution in [-0.4, -0.2) is 38.7 Å². The van der Waals surface area contributed by atoms with E-state index < -0.39 is 15.9 Å². The third-order valence-corrected chi connectivity index (χ3v) is 4.58. The van der Waals surface area contributed by atoms with Crippen molar-refractivity contribution in [2.75, 3.05) is 18.1 Å². The predicted octanol–water partition coefficient (Wildman–Crippen LogP) is 0.946. The van der Waals surface area contributed by atoms with Crippen molar-refractivity contribution in [3.63, 3.8) is 0 Å². The van der Waals surface area contributed by atoms with Crippen molar-refractivity contribution in [1.82, 2.24) is 5.32 Å². The van der Waals surface area contributed by atoms with E-state index in [1.807, 2.05) is 13.8 Å². The molecule has 1 saturated heterocycles. The molecule has 1 rings (SSSR count). The first-order valence-corrected chi connectivity index (χ1v) is 7.40. The van der Waals surface area contributed by atoms with Crippen LogP contribution >= 0.6 is 0 Å². The second-order valence-electron chi connectivity index (χ2n) is 4.27. The van der Waals surface area contributed by atoms with E-state index in [2.05, 4.69) is 5.32 Å². The molecule has 0 aromatic rings. The molecule has 5 nitrogen and oxygen atoms in total. The summed E-state index contributed by atoms with van der Waals surface area (Å²) < 4.78 is 27.3. The van der Waals surface area contributed by atoms with Gasteiger partial charge in [0, 0.05) is 6.54 Å². The first kappa shape index (κ1) is 13.3. The molecule has 0 aromatic heterocycles. The fraction of sp³-hybridized carbons (Fsp3) is 0.900. The first-order chi connectivity index (χ1) is 7.43. The lowest BCUT2D eigenvalue weighted by molar-refractivity contribution is 0.104. The number of sulfone groups is 1. The van der Waals surface area contributed by atoms with E-state index in [9.17, 15) is 13.2 Å². The number of amides is 1. The van der Waals surface area contributed by atoms with Crippen LogP contribution in [0.3, 0.4) is 0 Å². The summed E-state index contributed by atoms with van der Waals surface area (Å²) in [6, 6.07) is 0. The van der Waals surface area contributed by atoms with E-state index in [4.69, 9.17) is 4.74 Å². The van der Waals surface area contributed by atoms with Crippen LogP contribution in [0.4, 0.5) is 4.79 Å². The molecule has 0 saturated carbocycles. The lowest BCUT2D eigenvalue weighted by Crippen LogP contribution is -2.32. The zero-order chi connectivity index (χ0) is 12.2. The van der Waals surface area contributed by atoms with Crippen molar-refractivity contribution in [3.8, 4) is 0 Å². The maximum absolute atomic E-state index is 11.2. The molecule has 1 fully saturated rings. The van der Waals surface area contributed by atoms with Crippen LogP contribution < -0.4 is 5.32 Å². The minimum atomic E-state index is -2.86. The zero-order valence-corrected chi connectivity index (χ0v) is 10.5. The number of hydrogen-bond donors (Lipinski definition) is 1. The molecule has 1 aliphatic heterocycles. The van der Waals surface area contributed by atoms with Crippen LogP contribution in [0.1, 0.15) is 26.7 Å². The van der Waals surface area contributed by atoms with Gasteiger partial charge in [0.05, 0.1) is 11.5 Å². The summed E-state index contributed by atoms with van der Waals surface area (Å²) in [7, 11) is -2.86. The van der Waals surface area contributed by atoms with E-state index in [0.717, 1.165) is 6.42 Å². The summed E-state index contributed by atoms with van der Waals surface area (Å²) >= 11 is 0. The standard InChI is InChI=1S/C10H19NO4S/c1-3-8(2)15-10(12)11-6-9-4-5-16(13,14)7-9/h8-9H,3-7H2,1-2H3,(H,11,12). The third-order valence-electron chi connectivity index (χ3n) is 2.74. The fourth-order valence-electron chi connectivity index (χ4n) is 1.57. The summed E-state index contributed by atoms with van der Waals surface area (Å²) in [5.74, 6) is 0.450. The van der Waals surface area contributed by atoms with Crippen molar-refractivity contribution >= 4 is 15.9 Å². The van der Waals surface area contributed by atoms with Crippen LogP contribution in [0.15, 0.2) is 0 Å². The lowest BCUT2D eigenvalue weighted by Gasteiger charge is -2.13. The summed E-state index contributed by atoms with van der Waals surface area (Å²) in [5, 5.41) is 2.60. The average Bonchev–Trinajstić information content (AvgIpc) is 2.55. The number of ether oxygens (including phenoxy) is 1. The normalized spacial score (nSPS) is 25.0. The number of alkyl carbamates (subject to hydrolysis) is 1. The van der Waals surface area contributed by atoms with Crippen molar-refractivity contribution in [2.24, 2.45) is 5.92 Å². The summed E-state index contributed by atoms with van der Waals surface area (Å²) in [6.07, 6.45) is 0.836. The molecule has 2 atom stereocenters. The highest BCUT2D eigenvalue weighted by molar-refractivity contribution is 7.91. The van der Waals surface area contributed by atoms with Crippen molar-refractivity contribution in [2.45, 2.75) is 32.8 Å². The van der Waals surface area contributed by atoms with E-state index in [1.165, 1.54) is 0 Å². The third kappa shape index (κ3) is 4.38. The molecule has 1 amide bonds. The van der Waals surface area contributed by atoms with Crippen LogP contribution in [-0.2, 0) is 14.6 Å². The Morgan fingerprint density at radius 3 is 2.75 bits per heavy atom. The number of carbonyl (C=O) groups is 1. The molecule has 16 heavy (non-hydrogen) atoms. The Hall–Kier alpha value is -0.780. The van der Waals surface area contributed by atoms with E-state index in [0.29, 0.717) is 13.0 Å². The van der Waals surface area contributed by atoms with Crippen LogP contribution in [0, 0.1) is 5.92 Å². The van der Waals surface area contributed by atoms with Gasteiger partial charge in [0.2, 0.25) is 0 Å². The van der Waals surface area contributed by atoms with Gasteiger partial charge in [-0.2, -0.15) is 0 Å². The second-order valence-corrected chi connectivity index (χ2v) is 6.50. The Balaban J connectivity index is 2.23. The van der Waals surface area contributed by atoms with Gasteiger partial charge < -0.3 is 10.1 Å². The van der Waals surface area contributed by atoms with Gasteiger partial charge in [-0.1, -0.05) is 6.92 Å². The number of rotatable bonds is 4. The smallest absolute Gasteiger partial charge is 0.407 e. The SMILES string of the molecule is CCC(C)OC(=O)NCC1CCS(=O)(=O)C1. The number of hydrogen-bond acceptors (Lipinski definition) is 4. The van der Waals surface area contributed by atoms with E-state index in [1.54, 1.807) is 0 Å². The summed E-state index contributed by atoms with van der Waals surface area (Å²) in [6.45, 7) is 4.13. The minimum absolute atomic E-state index is 0.0366. The number of nitrogens with one attached hydrogen (secondary N) is 1. The van der Waals surface area contributed by atoms with Gasteiger partial charge in [0.15, 0.2) is 9.84 Å². The van der Waals surface area contributed by atoms with Gasteiger partial charge >= 0.3 is 6.09 Å². The Morgan fingerprint density at radius 2 is 2.25 bits per heavy atom. The van der Waals surface area contributed by atoms with Gasteiger partial charge in [-0.15, -0.1) is 0 Å².